The van der Waals surface area contributed by atoms with Crippen molar-refractivity contribution in [1.29, 1.82) is 0 Å². The van der Waals surface area contributed by atoms with E-state index in [1.165, 1.54) is 40.7 Å². The zero-order valence-electron chi connectivity index (χ0n) is 51.5. The number of carbonyl (C=O) groups excluding carboxylic acids is 11. The summed E-state index contributed by atoms with van der Waals surface area (Å²) in [5, 5.41) is 87.6. The molecule has 17 N–H and O–H groups in total. The lowest BCUT2D eigenvalue weighted by molar-refractivity contribution is -0.809. The molecule has 498 valence electrons. The number of nitrogens with zero attached hydrogens (tertiary/aromatic N) is 1. The lowest BCUT2D eigenvalue weighted by Gasteiger charge is -2.43. The molecule has 89 heavy (non-hydrogen) atoms. The molecule has 0 saturated carbocycles. The monoisotopic (exact) mass is 1260 g/mol. The second kappa shape index (κ2) is 35.5. The number of carboxylic acids is 4. The van der Waals surface area contributed by atoms with Gasteiger partial charge in [-0.3, -0.25) is 67.0 Å². The Bertz CT molecular complexity index is 2690. The number of hydrogen-bond donors (Lipinski definition) is 16. The molecular formula is C56H88N12O21. The quantitative estimate of drug-likeness (QED) is 0.0162. The maximum Gasteiger partial charge on any atom is 0.337 e. The molecule has 2 aliphatic rings. The molecule has 2 fully saturated rings. The van der Waals surface area contributed by atoms with Crippen molar-refractivity contribution in [1.82, 2.24) is 53.2 Å². The smallest absolute Gasteiger partial charge is 0.337 e. The second-order valence-electron chi connectivity index (χ2n) is 23.5. The molecular weight excluding hydrogens is 1180 g/mol. The molecule has 0 aromatic carbocycles. The molecule has 0 aromatic heterocycles. The SMILES string of the molecule is CC(C)CC/C=C\C=C\C(=O)N[C@H](C(=O)N[C@@H]1C(=O)N[C@H](C(C)C)C(=O)N[C@@H](CCCCN)C(=O)N[C@@H](C(O)C(=O)O)C(=O)N[C@@H](CC(=O)O)C(=O)NCC(=O)N[C@H](C(C)C(=O)O)C(=O)N[C@@H](C(C)C)C(=O)[N+]2([O-])C[C@H](C)C[C@H]2C(=O)NC1C)C(C)C(=O)O. The average molecular weight is 1270 g/mol. The van der Waals surface area contributed by atoms with E-state index in [1.54, 1.807) is 12.2 Å². The molecule has 0 aliphatic carbocycles. The Balaban J connectivity index is 3.01. The maximum atomic E-state index is 15.1. The van der Waals surface area contributed by atoms with Crippen molar-refractivity contribution in [2.75, 3.05) is 19.6 Å². The molecule has 0 radical (unpaired) electrons. The predicted octanol–water partition coefficient (Wildman–Crippen LogP) is -3.90. The number of nitrogens with one attached hydrogen (secondary N) is 10. The minimum atomic E-state index is -2.85. The number of fused-ring (bicyclic) bond motifs is 1. The first-order valence-corrected chi connectivity index (χ1v) is 29.1. The maximum absolute atomic E-state index is 15.1. The van der Waals surface area contributed by atoms with Gasteiger partial charge in [-0.05, 0) is 77.2 Å². The van der Waals surface area contributed by atoms with Crippen LogP contribution in [0.4, 0.5) is 0 Å². The number of nitrogens with two attached hydrogens (primary N) is 1. The number of amides is 11. The number of rotatable bonds is 22. The molecule has 5 unspecified atom stereocenters. The molecule has 2 heterocycles. The summed E-state index contributed by atoms with van der Waals surface area (Å²) in [4.78, 5) is 204. The van der Waals surface area contributed by atoms with Crippen LogP contribution in [0.2, 0.25) is 0 Å². The zero-order valence-corrected chi connectivity index (χ0v) is 51.5. The summed E-state index contributed by atoms with van der Waals surface area (Å²) < 4.78 is -1.98. The average Bonchev–Trinajstić information content (AvgIpc) is 2.54. The van der Waals surface area contributed by atoms with Crippen LogP contribution in [0.15, 0.2) is 24.3 Å². The van der Waals surface area contributed by atoms with Gasteiger partial charge < -0.3 is 89.6 Å². The van der Waals surface area contributed by atoms with E-state index < -0.39 is 209 Å². The number of hydrogen-bond acceptors (Lipinski definition) is 18. The number of unbranched alkanes of at least 4 members (excludes halogenated alkanes) is 1. The number of allylic oxidation sites excluding steroid dienone is 3. The van der Waals surface area contributed by atoms with Crippen molar-refractivity contribution >= 4 is 88.9 Å². The molecule has 2 aliphatic heterocycles. The van der Waals surface area contributed by atoms with Gasteiger partial charge in [-0.15, -0.1) is 0 Å². The van der Waals surface area contributed by atoms with Crippen LogP contribution in [0.5, 0.6) is 0 Å². The number of carbonyl (C=O) groups is 15. The van der Waals surface area contributed by atoms with E-state index in [1.807, 2.05) is 29.8 Å². The summed E-state index contributed by atoms with van der Waals surface area (Å²) in [6.07, 6.45) is 2.57. The van der Waals surface area contributed by atoms with Gasteiger partial charge in [0.2, 0.25) is 53.2 Å². The Kier molecular flexibility index (Phi) is 30.6. The van der Waals surface area contributed by atoms with E-state index in [0.717, 1.165) is 33.3 Å². The Morgan fingerprint density at radius 3 is 1.79 bits per heavy atom. The third-order valence-corrected chi connectivity index (χ3v) is 14.8. The third-order valence-electron chi connectivity index (χ3n) is 14.8. The lowest BCUT2D eigenvalue weighted by Crippen LogP contribution is -2.67. The minimum Gasteiger partial charge on any atom is -0.625 e. The minimum absolute atomic E-state index is 0.0371. The molecule has 15 atom stereocenters. The van der Waals surface area contributed by atoms with Gasteiger partial charge in [-0.25, -0.2) is 9.59 Å². The number of aliphatic carboxylic acids is 4. The van der Waals surface area contributed by atoms with Crippen LogP contribution >= 0.6 is 0 Å². The van der Waals surface area contributed by atoms with Crippen LogP contribution in [-0.4, -0.2) is 205 Å². The Labute approximate surface area is 513 Å². The van der Waals surface area contributed by atoms with Gasteiger partial charge in [-0.2, -0.15) is 0 Å². The van der Waals surface area contributed by atoms with Crippen LogP contribution < -0.4 is 58.9 Å². The van der Waals surface area contributed by atoms with Crippen LogP contribution in [-0.2, 0) is 71.9 Å². The summed E-state index contributed by atoms with van der Waals surface area (Å²) in [5.41, 5.74) is 5.68. The molecule has 11 amide bonds. The number of quaternary nitrogens is 1. The van der Waals surface area contributed by atoms with Crippen LogP contribution in [0.3, 0.4) is 0 Å². The fourth-order valence-corrected chi connectivity index (χ4v) is 9.53. The molecule has 2 rings (SSSR count). The van der Waals surface area contributed by atoms with Gasteiger partial charge in [0.25, 0.3) is 5.91 Å². The van der Waals surface area contributed by atoms with E-state index in [-0.39, 0.29) is 32.2 Å². The van der Waals surface area contributed by atoms with E-state index in [4.69, 9.17) is 5.73 Å². The Hall–Kier alpha value is -8.43. The highest BCUT2D eigenvalue weighted by Gasteiger charge is 2.53. The first-order valence-electron chi connectivity index (χ1n) is 29.1. The summed E-state index contributed by atoms with van der Waals surface area (Å²) in [5.74, 6) is -27.6. The summed E-state index contributed by atoms with van der Waals surface area (Å²) >= 11 is 0. The van der Waals surface area contributed by atoms with E-state index >= 15 is 5.21 Å². The predicted molar refractivity (Wildman–Crippen MR) is 312 cm³/mol. The van der Waals surface area contributed by atoms with Crippen molar-refractivity contribution < 1.29 is 102 Å². The highest BCUT2D eigenvalue weighted by Crippen LogP contribution is 2.33. The first-order chi connectivity index (χ1) is 41.4. The zero-order chi connectivity index (χ0) is 67.9. The molecule has 0 spiro atoms. The van der Waals surface area contributed by atoms with Gasteiger partial charge in [-0.1, -0.05) is 66.7 Å². The van der Waals surface area contributed by atoms with Crippen molar-refractivity contribution in [3.63, 3.8) is 0 Å². The molecule has 2 saturated heterocycles. The highest BCUT2D eigenvalue weighted by atomic mass is 16.6. The number of aliphatic hydroxyl groups is 1. The van der Waals surface area contributed by atoms with Gasteiger partial charge in [0.15, 0.2) is 12.1 Å². The molecule has 33 nitrogen and oxygen atoms in total. The van der Waals surface area contributed by atoms with E-state index in [9.17, 15) is 97.5 Å². The van der Waals surface area contributed by atoms with Gasteiger partial charge in [0, 0.05) is 18.4 Å². The second-order valence-corrected chi connectivity index (χ2v) is 23.5. The van der Waals surface area contributed by atoms with Crippen LogP contribution in [0, 0.1) is 40.7 Å². The summed E-state index contributed by atoms with van der Waals surface area (Å²) in [7, 11) is 0. The normalized spacial score (nSPS) is 27.4. The van der Waals surface area contributed by atoms with Crippen molar-refractivity contribution in [3.05, 3.63) is 29.5 Å². The van der Waals surface area contributed by atoms with Crippen molar-refractivity contribution in [3.8, 4) is 0 Å². The Morgan fingerprint density at radius 2 is 1.24 bits per heavy atom. The standard InChI is InChI=1S/C56H88N12O21/c1-25(2)17-13-11-12-14-19-35(69)62-40(29(8)54(83)84)50(79)66-42-31(10)59-47(76)34-21-28(7)24-68(34,89)53(82)39(27(5)6)65-49(78)41(30(9)55(85)86)63-36(70)23-58-45(74)33(22-37(71)72)61-52(81)43(44(73)56(87)88)67-46(75)32(18-15-16-20-57)60-48(77)38(26(3)4)64-51(42)80/h11-12,14,19,25-34,38-44,73H,13,15-18,20-24,57H2,1-10H3,(H,58,74)(H,59,76)(H,60,77)(H,61,81)(H,62,69)(H,63,70)(H,64,80)(H,65,78)(H,66,79)(H,67,75)(H,71,72)(H,83,84)(H,85,86)(H,87,88)/b12-11-,19-14+/t28-,29?,30?,31?,32+,33+,34+,38-,39+,40+,41-,42+,43+,44?,68?/m1/s1. The molecule has 0 aromatic rings. The van der Waals surface area contributed by atoms with Crippen LogP contribution in [0.25, 0.3) is 0 Å². The fourth-order valence-electron chi connectivity index (χ4n) is 9.53. The van der Waals surface area contributed by atoms with Gasteiger partial charge in [0.05, 0.1) is 37.4 Å². The molecule has 0 bridgehead atoms. The number of hydroxylamine groups is 3. The van der Waals surface area contributed by atoms with Crippen LogP contribution in [0.1, 0.15) is 114 Å². The topological polar surface area (TPSA) is 527 Å². The van der Waals surface area contributed by atoms with Crippen molar-refractivity contribution in [2.45, 2.75) is 181 Å². The lowest BCUT2D eigenvalue weighted by atomic mass is 9.97. The highest BCUT2D eigenvalue weighted by molar-refractivity contribution is 6.01. The van der Waals surface area contributed by atoms with Crippen molar-refractivity contribution in [2.24, 2.45) is 41.2 Å². The third kappa shape index (κ3) is 23.2. The van der Waals surface area contributed by atoms with Gasteiger partial charge >= 0.3 is 29.8 Å². The largest absolute Gasteiger partial charge is 0.625 e. The summed E-state index contributed by atoms with van der Waals surface area (Å²) in [6, 6.07) is -19.9. The number of carboxylic acid groups (broad SMARTS) is 4. The molecule has 33 heteroatoms. The Morgan fingerprint density at radius 1 is 0.663 bits per heavy atom. The van der Waals surface area contributed by atoms with Gasteiger partial charge in [0.1, 0.15) is 48.3 Å². The summed E-state index contributed by atoms with van der Waals surface area (Å²) in [6.45, 7) is 12.6. The fraction of sp³-hybridized carbons (Fsp3) is 0.661. The number of aliphatic hydroxyl groups excluding tert-OH is 1. The van der Waals surface area contributed by atoms with E-state index in [0.29, 0.717) is 12.3 Å². The first kappa shape index (κ1) is 76.7. The van der Waals surface area contributed by atoms with E-state index in [2.05, 4.69) is 37.2 Å².